The number of aldehydes is 1. The molecule has 0 aliphatic carbocycles. The molecule has 0 radical (unpaired) electrons. The van der Waals surface area contributed by atoms with Gasteiger partial charge in [-0.25, -0.2) is 13.0 Å². The van der Waals surface area contributed by atoms with E-state index in [4.69, 9.17) is 14.6 Å². The molecule has 1 rings (SSSR count). The van der Waals surface area contributed by atoms with Crippen molar-refractivity contribution in [3.8, 4) is 0 Å². The maximum Gasteiger partial charge on any atom is 0.145 e. The summed E-state index contributed by atoms with van der Waals surface area (Å²) >= 11 is 0. The number of aliphatic hydroxyl groups is 1. The number of hydrogen-bond acceptors (Lipinski definition) is 3. The fraction of sp³-hybridized carbons (Fsp3) is 0.639. The Morgan fingerprint density at radius 2 is 1.68 bits per heavy atom. The van der Waals surface area contributed by atoms with Gasteiger partial charge in [-0.3, -0.25) is 0 Å². The summed E-state index contributed by atoms with van der Waals surface area (Å²) in [6.45, 7) is 27.3. The number of methoxy groups -OCH3 is 1. The average molecular weight is 796 g/mol. The minimum absolute atomic E-state index is 0. The fourth-order valence-electron chi connectivity index (χ4n) is 3.36. The van der Waals surface area contributed by atoms with Crippen LogP contribution in [0.5, 0.6) is 0 Å². The molecule has 0 amide bonds. The number of aliphatic hydroxyl groups excluding tert-OH is 1. The molecule has 3 nitrogen and oxygen atoms in total. The first-order valence-corrected chi connectivity index (χ1v) is 15.2. The third-order valence-electron chi connectivity index (χ3n) is 5.16. The van der Waals surface area contributed by atoms with Crippen molar-refractivity contribution in [3.05, 3.63) is 74.4 Å². The van der Waals surface area contributed by atoms with Crippen molar-refractivity contribution >= 4 is 6.29 Å². The molecule has 0 aliphatic rings. The van der Waals surface area contributed by atoms with Gasteiger partial charge in [0.15, 0.2) is 0 Å². The van der Waals surface area contributed by atoms with Crippen LogP contribution in [0.4, 0.5) is 0 Å². The van der Waals surface area contributed by atoms with Crippen molar-refractivity contribution in [3.63, 3.8) is 0 Å². The van der Waals surface area contributed by atoms with E-state index < -0.39 is 0 Å². The van der Waals surface area contributed by atoms with Crippen molar-refractivity contribution in [2.24, 2.45) is 11.8 Å². The summed E-state index contributed by atoms with van der Waals surface area (Å²) in [4.78, 5) is 8.92. The van der Waals surface area contributed by atoms with E-state index in [0.29, 0.717) is 12.2 Å². The maximum absolute atomic E-state index is 8.92. The quantitative estimate of drug-likeness (QED) is 0.0785. The van der Waals surface area contributed by atoms with Gasteiger partial charge < -0.3 is 34.4 Å². The normalized spacial score (nSPS) is 10.3. The van der Waals surface area contributed by atoms with Crippen molar-refractivity contribution in [1.82, 2.24) is 0 Å². The molecule has 0 aromatic heterocycles. The topological polar surface area (TPSA) is 46.5 Å². The number of rotatable bonds is 16. The van der Waals surface area contributed by atoms with E-state index in [0.717, 1.165) is 5.92 Å². The number of allylic oxidation sites excluding steroid dienone is 1. The minimum Gasteiger partial charge on any atom is -0.554 e. The molecule has 0 aliphatic heterocycles. The van der Waals surface area contributed by atoms with E-state index in [1.54, 1.807) is 14.0 Å². The number of carbonyl (C=O) groups is 1. The molecule has 0 fully saturated rings. The van der Waals surface area contributed by atoms with E-state index in [9.17, 15) is 0 Å². The Kier molecular flexibility index (Phi) is 62.4. The molecule has 242 valence electrons. The summed E-state index contributed by atoms with van der Waals surface area (Å²) in [5, 5.41) is 7.51. The second-order valence-electron chi connectivity index (χ2n) is 8.98. The standard InChI is InChI=1S/C16H25O.C8H16.C6H12.C2H4O2.C2H6.C2H5.Cm/c1-14-9-7-11-16(12-14)10-6-4-5-8-15(2)13-17-3;1-4-6-8(3)7-5-2;1-3-5-6-4-2;3-1-2-4;2*1-2;/h7,9,11-13,15H,4-6,8,10H2,1-3H3;4,7-8H,5-6H2,1-3H3;3H,1,4-6H2,2H3;1,4H,2H2;1-2H3;1H2,2H3;/q-1;-2;;;;-1;/t;8-;;;;;/m.1...../s1. The first-order chi connectivity index (χ1) is 18.9. The van der Waals surface area contributed by atoms with Crippen molar-refractivity contribution < 1.29 is 14.6 Å². The van der Waals surface area contributed by atoms with Gasteiger partial charge >= 0.3 is 0 Å². The van der Waals surface area contributed by atoms with Gasteiger partial charge in [-0.1, -0.05) is 110 Å². The molecule has 40 heavy (non-hydrogen) atoms. The van der Waals surface area contributed by atoms with Crippen LogP contribution in [-0.2, 0) is 16.0 Å². The van der Waals surface area contributed by atoms with Crippen LogP contribution in [-0.4, -0.2) is 25.1 Å². The van der Waals surface area contributed by atoms with Crippen LogP contribution in [0.3, 0.4) is 0 Å². The minimum atomic E-state index is -0.361. The van der Waals surface area contributed by atoms with Gasteiger partial charge in [0.1, 0.15) is 6.29 Å². The van der Waals surface area contributed by atoms with Crippen molar-refractivity contribution in [2.75, 3.05) is 13.7 Å². The summed E-state index contributed by atoms with van der Waals surface area (Å²) in [6.07, 6.45) is 19.5. The van der Waals surface area contributed by atoms with Gasteiger partial charge in [-0.2, -0.15) is 26.2 Å². The zero-order valence-electron chi connectivity index (χ0n) is 28.2. The van der Waals surface area contributed by atoms with Gasteiger partial charge in [0.2, 0.25) is 0 Å². The van der Waals surface area contributed by atoms with Crippen LogP contribution in [0.1, 0.15) is 124 Å². The molecular weight excluding hydrogens is 727 g/mol. The number of aryl methyl sites for hydroxylation is 2. The second kappa shape index (κ2) is 49.5. The predicted molar refractivity (Wildman–Crippen MR) is 177 cm³/mol. The van der Waals surface area contributed by atoms with Gasteiger partial charge in [0, 0.05) is 0 Å². The molecule has 1 N–H and O–H groups in total. The molecular formula is C36H68CmO3-4. The summed E-state index contributed by atoms with van der Waals surface area (Å²) in [6, 6.07) is 8.84. The number of unbranched alkanes of at least 4 members (excludes halogenated alkanes) is 4. The summed E-state index contributed by atoms with van der Waals surface area (Å²) < 4.78 is 5.02. The first-order valence-electron chi connectivity index (χ1n) is 15.2. The molecule has 2 atom stereocenters. The van der Waals surface area contributed by atoms with E-state index >= 15 is 0 Å². The SMILES string of the molecule is C=CCCCC.CC.CO[CH-]C(C)CCCCCc1cccc(C)c1.C[CH-]C[C@@H](C)[CH-]CC.O=CCO.[CH2-]C.[Cm]. The Labute approximate surface area is 247 Å². The molecule has 0 saturated heterocycles. The Morgan fingerprint density at radius 3 is 2.08 bits per heavy atom. The molecule has 4 heteroatoms. The molecule has 1 aromatic rings. The van der Waals surface area contributed by atoms with Crippen LogP contribution in [0.25, 0.3) is 0 Å². The number of benzene rings is 1. The number of hydrogen-bond donors (Lipinski definition) is 1. The zero-order chi connectivity index (χ0) is 31.2. The first kappa shape index (κ1) is 50.4. The largest absolute Gasteiger partial charge is 0.554 e. The second-order valence-corrected chi connectivity index (χ2v) is 8.98. The van der Waals surface area contributed by atoms with Gasteiger partial charge in [0.25, 0.3) is 0 Å². The van der Waals surface area contributed by atoms with E-state index in [1.807, 2.05) is 26.5 Å². The van der Waals surface area contributed by atoms with Crippen molar-refractivity contribution in [2.45, 2.75) is 127 Å². The molecule has 0 saturated carbocycles. The zero-order valence-corrected chi connectivity index (χ0v) is 31.1. The van der Waals surface area contributed by atoms with Crippen LogP contribution < -0.4 is 0 Å². The monoisotopic (exact) mass is 792 g/mol. The van der Waals surface area contributed by atoms with Crippen LogP contribution in [0, 0.1) is 45.1 Å². The van der Waals surface area contributed by atoms with Gasteiger partial charge in [-0.15, -0.1) is 12.5 Å². The number of ether oxygens (including phenoxy) is 1. The third kappa shape index (κ3) is 52.1. The molecule has 0 spiro atoms. The Hall–Kier alpha value is -2.45. The Bertz CT molecular complexity index is 543. The average Bonchev–Trinajstić information content (AvgIpc) is 2.95. The number of carbonyl (C=O) groups excluding carboxylic acids is 1. The maximum atomic E-state index is 8.92. The smallest absolute Gasteiger partial charge is 0.145 e. The van der Waals surface area contributed by atoms with E-state index in [-0.39, 0.29) is 6.61 Å². The van der Waals surface area contributed by atoms with E-state index in [1.165, 1.54) is 75.3 Å². The Balaban J connectivity index is -0.000000105. The summed E-state index contributed by atoms with van der Waals surface area (Å²) in [5.41, 5.74) is 2.84. The van der Waals surface area contributed by atoms with Gasteiger partial charge in [-0.05, 0) is 38.9 Å². The van der Waals surface area contributed by atoms with E-state index in [2.05, 4.69) is 92.2 Å². The molecule has 0 heterocycles. The van der Waals surface area contributed by atoms with Crippen LogP contribution >= 0.6 is 0 Å². The molecule has 1 unspecified atom stereocenters. The molecule has 1 aromatic carbocycles. The third-order valence-corrected chi connectivity index (χ3v) is 5.16. The van der Waals surface area contributed by atoms with Crippen LogP contribution in [0.2, 0.25) is 0 Å². The fourth-order valence-corrected chi connectivity index (χ4v) is 3.36. The predicted octanol–water partition coefficient (Wildman–Crippen LogP) is 10.8. The van der Waals surface area contributed by atoms with Crippen molar-refractivity contribution in [1.29, 1.82) is 0 Å². The van der Waals surface area contributed by atoms with Crippen LogP contribution in [0.15, 0.2) is 36.9 Å². The summed E-state index contributed by atoms with van der Waals surface area (Å²) in [5.74, 6) is 1.36. The Morgan fingerprint density at radius 1 is 1.07 bits per heavy atom. The summed E-state index contributed by atoms with van der Waals surface area (Å²) in [7, 11) is 1.73. The molecule has 0 bridgehead atoms. The van der Waals surface area contributed by atoms with Gasteiger partial charge in [0.05, 0.1) is 6.61 Å².